The normalized spacial score (nSPS) is 16.9. The summed E-state index contributed by atoms with van der Waals surface area (Å²) in [5, 5.41) is 11.7. The van der Waals surface area contributed by atoms with E-state index in [1.807, 2.05) is 95.3 Å². The second-order valence-corrected chi connectivity index (χ2v) is 9.52. The van der Waals surface area contributed by atoms with Crippen molar-refractivity contribution >= 4 is 23.1 Å². The molecule has 1 aliphatic heterocycles. The maximum absolute atomic E-state index is 13.6. The number of aliphatic hydroxyl groups is 1. The highest BCUT2D eigenvalue weighted by atomic mass is 16.5. The predicted molar refractivity (Wildman–Crippen MR) is 145 cm³/mol. The molecule has 0 spiro atoms. The van der Waals surface area contributed by atoms with Crippen molar-refractivity contribution in [2.24, 2.45) is 0 Å². The molecule has 3 aromatic rings. The van der Waals surface area contributed by atoms with Gasteiger partial charge in [-0.25, -0.2) is 0 Å². The van der Waals surface area contributed by atoms with Gasteiger partial charge in [-0.1, -0.05) is 44.2 Å². The summed E-state index contributed by atoms with van der Waals surface area (Å²) in [6.07, 6.45) is 0. The number of rotatable bonds is 7. The van der Waals surface area contributed by atoms with Crippen LogP contribution in [0.2, 0.25) is 0 Å². The largest absolute Gasteiger partial charge is 0.507 e. The molecule has 3 aromatic carbocycles. The number of aryl methyl sites for hydroxylation is 2. The predicted octanol–water partition coefficient (Wildman–Crippen LogP) is 6.46. The second kappa shape index (κ2) is 10.5. The van der Waals surface area contributed by atoms with Crippen molar-refractivity contribution in [3.8, 4) is 11.5 Å². The Morgan fingerprint density at radius 1 is 1.00 bits per heavy atom. The SMILES string of the molecule is CCOc1cccc(C2/C(=C(\O)c3cc(C(C)C)c(OC)cc3C)C(=O)C(=O)N2c2ccccc2C)c1. The van der Waals surface area contributed by atoms with Crippen molar-refractivity contribution in [2.45, 2.75) is 46.6 Å². The number of anilines is 1. The summed E-state index contributed by atoms with van der Waals surface area (Å²) in [6, 6.07) is 17.6. The first kappa shape index (κ1) is 26.0. The van der Waals surface area contributed by atoms with Gasteiger partial charge in [0.05, 0.1) is 25.3 Å². The average Bonchev–Trinajstić information content (AvgIpc) is 3.14. The van der Waals surface area contributed by atoms with Crippen LogP contribution in [0, 0.1) is 13.8 Å². The van der Waals surface area contributed by atoms with Crippen LogP contribution in [0.3, 0.4) is 0 Å². The van der Waals surface area contributed by atoms with Crippen LogP contribution in [0.5, 0.6) is 11.5 Å². The molecule has 0 aromatic heterocycles. The quantitative estimate of drug-likeness (QED) is 0.229. The van der Waals surface area contributed by atoms with E-state index in [2.05, 4.69) is 0 Å². The lowest BCUT2D eigenvalue weighted by Gasteiger charge is -2.27. The summed E-state index contributed by atoms with van der Waals surface area (Å²) in [6.45, 7) is 10.2. The van der Waals surface area contributed by atoms with Gasteiger partial charge in [0, 0.05) is 11.3 Å². The number of benzene rings is 3. The van der Waals surface area contributed by atoms with E-state index in [0.717, 1.165) is 16.7 Å². The Morgan fingerprint density at radius 3 is 2.38 bits per heavy atom. The van der Waals surface area contributed by atoms with Gasteiger partial charge < -0.3 is 14.6 Å². The lowest BCUT2D eigenvalue weighted by Crippen LogP contribution is -2.30. The van der Waals surface area contributed by atoms with Crippen molar-refractivity contribution in [2.75, 3.05) is 18.6 Å². The smallest absolute Gasteiger partial charge is 0.300 e. The Morgan fingerprint density at radius 2 is 1.73 bits per heavy atom. The first-order valence-electron chi connectivity index (χ1n) is 12.5. The summed E-state index contributed by atoms with van der Waals surface area (Å²) >= 11 is 0. The Kier molecular flexibility index (Phi) is 7.39. The molecule has 0 aliphatic carbocycles. The molecule has 1 fully saturated rings. The number of hydrogen-bond acceptors (Lipinski definition) is 5. The highest BCUT2D eigenvalue weighted by Gasteiger charge is 2.47. The zero-order valence-corrected chi connectivity index (χ0v) is 22.2. The number of carbonyl (C=O) groups excluding carboxylic acids is 2. The first-order chi connectivity index (χ1) is 17.7. The molecule has 0 radical (unpaired) electrons. The van der Waals surface area contributed by atoms with Crippen molar-refractivity contribution in [1.29, 1.82) is 0 Å². The minimum atomic E-state index is -0.828. The lowest BCUT2D eigenvalue weighted by molar-refractivity contribution is -0.132. The van der Waals surface area contributed by atoms with Crippen molar-refractivity contribution in [3.05, 3.63) is 94.1 Å². The number of carbonyl (C=O) groups is 2. The number of aliphatic hydroxyl groups excluding tert-OH is 1. The van der Waals surface area contributed by atoms with Crippen LogP contribution in [0.4, 0.5) is 5.69 Å². The average molecular weight is 500 g/mol. The number of nitrogens with zero attached hydrogens (tertiary/aromatic N) is 1. The molecule has 6 nitrogen and oxygen atoms in total. The van der Waals surface area contributed by atoms with Crippen LogP contribution < -0.4 is 14.4 Å². The molecular weight excluding hydrogens is 466 g/mol. The van der Waals surface area contributed by atoms with Gasteiger partial charge in [-0.15, -0.1) is 0 Å². The third kappa shape index (κ3) is 4.71. The molecule has 1 unspecified atom stereocenters. The molecular formula is C31H33NO5. The molecule has 0 saturated carbocycles. The van der Waals surface area contributed by atoms with E-state index in [-0.39, 0.29) is 17.3 Å². The Labute approximate surface area is 218 Å². The van der Waals surface area contributed by atoms with E-state index < -0.39 is 17.7 Å². The number of ether oxygens (including phenoxy) is 2. The van der Waals surface area contributed by atoms with Gasteiger partial charge in [0.25, 0.3) is 11.7 Å². The number of ketones is 1. The summed E-state index contributed by atoms with van der Waals surface area (Å²) in [7, 11) is 1.61. The van der Waals surface area contributed by atoms with Gasteiger partial charge >= 0.3 is 0 Å². The van der Waals surface area contributed by atoms with E-state index in [4.69, 9.17) is 9.47 Å². The summed E-state index contributed by atoms with van der Waals surface area (Å²) in [5.74, 6) is -0.159. The molecule has 1 saturated heterocycles. The number of Topliss-reactive ketones (excluding diaryl/α,β-unsaturated/α-hetero) is 1. The molecule has 1 aliphatic rings. The Balaban J connectivity index is 2.00. The van der Waals surface area contributed by atoms with Crippen LogP contribution in [-0.4, -0.2) is 30.5 Å². The van der Waals surface area contributed by atoms with Crippen LogP contribution in [0.25, 0.3) is 5.76 Å². The monoisotopic (exact) mass is 499 g/mol. The molecule has 4 rings (SSSR count). The van der Waals surface area contributed by atoms with Gasteiger partial charge in [0.1, 0.15) is 17.3 Å². The summed E-state index contributed by atoms with van der Waals surface area (Å²) in [5.41, 5.74) is 4.32. The molecule has 6 heteroatoms. The number of hydrogen-bond donors (Lipinski definition) is 1. The number of methoxy groups -OCH3 is 1. The molecule has 1 atom stereocenters. The minimum absolute atomic E-state index is 0.0462. The molecule has 0 bridgehead atoms. The topological polar surface area (TPSA) is 76.1 Å². The zero-order chi connectivity index (χ0) is 26.9. The zero-order valence-electron chi connectivity index (χ0n) is 22.2. The number of para-hydroxylation sites is 1. The van der Waals surface area contributed by atoms with Gasteiger partial charge in [0.2, 0.25) is 0 Å². The molecule has 1 amide bonds. The Bertz CT molecular complexity index is 1390. The standard InChI is InChI=1S/C31H33NO5/c1-7-37-22-13-10-12-21(16-22)28-27(30(34)31(35)32(28)25-14-9-8-11-19(25)4)29(33)24-17-23(18(2)3)26(36-6)15-20(24)5/h8-18,28,33H,7H2,1-6H3/b29-27+. The third-order valence-electron chi connectivity index (χ3n) is 6.76. The van der Waals surface area contributed by atoms with E-state index in [1.165, 1.54) is 4.90 Å². The van der Waals surface area contributed by atoms with E-state index in [0.29, 0.717) is 34.9 Å². The highest BCUT2D eigenvalue weighted by molar-refractivity contribution is 6.51. The fourth-order valence-corrected chi connectivity index (χ4v) is 4.90. The first-order valence-corrected chi connectivity index (χ1v) is 12.5. The third-order valence-corrected chi connectivity index (χ3v) is 6.76. The van der Waals surface area contributed by atoms with Gasteiger partial charge in [-0.05, 0) is 79.3 Å². The molecule has 1 heterocycles. The van der Waals surface area contributed by atoms with Gasteiger partial charge in [0.15, 0.2) is 0 Å². The van der Waals surface area contributed by atoms with E-state index >= 15 is 0 Å². The van der Waals surface area contributed by atoms with Crippen molar-refractivity contribution in [3.63, 3.8) is 0 Å². The van der Waals surface area contributed by atoms with E-state index in [9.17, 15) is 14.7 Å². The van der Waals surface area contributed by atoms with Crippen LogP contribution in [0.1, 0.15) is 60.5 Å². The Hall–Kier alpha value is -4.06. The molecule has 192 valence electrons. The van der Waals surface area contributed by atoms with Crippen molar-refractivity contribution in [1.82, 2.24) is 0 Å². The minimum Gasteiger partial charge on any atom is -0.507 e. The second-order valence-electron chi connectivity index (χ2n) is 9.52. The van der Waals surface area contributed by atoms with Crippen molar-refractivity contribution < 1.29 is 24.2 Å². The fourth-order valence-electron chi connectivity index (χ4n) is 4.90. The fraction of sp³-hybridized carbons (Fsp3) is 0.290. The maximum atomic E-state index is 13.6. The van der Waals surface area contributed by atoms with Crippen LogP contribution in [0.15, 0.2) is 66.2 Å². The van der Waals surface area contributed by atoms with Crippen LogP contribution in [-0.2, 0) is 9.59 Å². The van der Waals surface area contributed by atoms with Gasteiger partial charge in [-0.2, -0.15) is 0 Å². The molecule has 37 heavy (non-hydrogen) atoms. The highest BCUT2D eigenvalue weighted by Crippen LogP contribution is 2.44. The number of amides is 1. The molecule has 1 N–H and O–H groups in total. The summed E-state index contributed by atoms with van der Waals surface area (Å²) in [4.78, 5) is 28.6. The lowest BCUT2D eigenvalue weighted by atomic mass is 9.91. The maximum Gasteiger partial charge on any atom is 0.300 e. The van der Waals surface area contributed by atoms with Gasteiger partial charge in [-0.3, -0.25) is 14.5 Å². The van der Waals surface area contributed by atoms with E-state index in [1.54, 1.807) is 7.11 Å². The summed E-state index contributed by atoms with van der Waals surface area (Å²) < 4.78 is 11.3. The van der Waals surface area contributed by atoms with Crippen LogP contribution >= 0.6 is 0 Å².